The van der Waals surface area contributed by atoms with E-state index in [0.717, 1.165) is 38.5 Å². The molecule has 4 unspecified atom stereocenters. The minimum atomic E-state index is -4.40. The number of unbranched alkanes of at least 4 members (excludes halogenated alkanes) is 21. The molecular weight excluding hydrogens is 663 g/mol. The Morgan fingerprint density at radius 1 is 0.706 bits per heavy atom. The zero-order valence-electron chi connectivity index (χ0n) is 32.7. The van der Waals surface area contributed by atoms with Gasteiger partial charge in [0.1, 0.15) is 0 Å². The second kappa shape index (κ2) is 37.0. The van der Waals surface area contributed by atoms with Crippen molar-refractivity contribution >= 4 is 13.7 Å². The lowest BCUT2D eigenvalue weighted by Gasteiger charge is -2.24. The van der Waals surface area contributed by atoms with E-state index in [0.29, 0.717) is 12.8 Å². The van der Waals surface area contributed by atoms with Crippen molar-refractivity contribution in [3.8, 4) is 0 Å². The van der Waals surface area contributed by atoms with Crippen LogP contribution in [0.15, 0.2) is 36.5 Å². The third-order valence-corrected chi connectivity index (χ3v) is 10.1. The summed E-state index contributed by atoms with van der Waals surface area (Å²) < 4.78 is 21.9. The number of hydrogen-bond acceptors (Lipinski definition) is 7. The van der Waals surface area contributed by atoms with Crippen molar-refractivity contribution in [2.24, 2.45) is 5.73 Å². The summed E-state index contributed by atoms with van der Waals surface area (Å²) >= 11 is 0. The third kappa shape index (κ3) is 35.5. The predicted molar refractivity (Wildman–Crippen MR) is 214 cm³/mol. The van der Waals surface area contributed by atoms with Crippen LogP contribution < -0.4 is 11.1 Å². The third-order valence-electron chi connectivity index (χ3n) is 9.10. The van der Waals surface area contributed by atoms with Crippen molar-refractivity contribution in [1.29, 1.82) is 0 Å². The van der Waals surface area contributed by atoms with Gasteiger partial charge in [0.2, 0.25) is 5.91 Å². The Morgan fingerprint density at radius 3 is 1.63 bits per heavy atom. The van der Waals surface area contributed by atoms with Crippen molar-refractivity contribution in [1.82, 2.24) is 5.32 Å². The van der Waals surface area contributed by atoms with Gasteiger partial charge in [-0.25, -0.2) is 4.57 Å². The number of phosphoric acid groups is 1. The van der Waals surface area contributed by atoms with Crippen LogP contribution in [0, 0.1) is 0 Å². The molecule has 9 nitrogen and oxygen atoms in total. The fourth-order valence-electron chi connectivity index (χ4n) is 5.98. The molecule has 0 aliphatic rings. The number of carbonyl (C=O) groups excluding carboxylic acids is 1. The molecule has 0 spiro atoms. The van der Waals surface area contributed by atoms with Gasteiger partial charge in [-0.05, 0) is 39.0 Å². The summed E-state index contributed by atoms with van der Waals surface area (Å²) in [5.74, 6) is -0.462. The number of aliphatic hydroxyl groups excluding tert-OH is 2. The molecule has 1 amide bonds. The van der Waals surface area contributed by atoms with Crippen molar-refractivity contribution in [3.63, 3.8) is 0 Å². The minimum absolute atomic E-state index is 0.0423. The first-order chi connectivity index (χ1) is 24.8. The Kier molecular flexibility index (Phi) is 36.1. The number of hydrogen-bond donors (Lipinski definition) is 5. The molecular formula is C41H79N2O7P. The minimum Gasteiger partial charge on any atom is -0.393 e. The molecule has 0 aromatic carbocycles. The van der Waals surface area contributed by atoms with Gasteiger partial charge in [-0.15, -0.1) is 0 Å². The molecule has 10 heteroatoms. The molecule has 51 heavy (non-hydrogen) atoms. The first-order valence-corrected chi connectivity index (χ1v) is 22.2. The molecule has 300 valence electrons. The lowest BCUT2D eigenvalue weighted by atomic mass is 10.0. The first kappa shape index (κ1) is 49.7. The van der Waals surface area contributed by atoms with Crippen LogP contribution in [0.3, 0.4) is 0 Å². The van der Waals surface area contributed by atoms with E-state index in [-0.39, 0.29) is 19.6 Å². The Bertz CT molecular complexity index is 914. The number of allylic oxidation sites excluding steroid dienone is 5. The SMILES string of the molecule is C/C=C/CC/C=C/CC/C=C/C(O)C(COP(=O)(O)OCCN)NC(=O)CC(O)CCCCCCCCCCCCCCCCCCCCCC. The van der Waals surface area contributed by atoms with Gasteiger partial charge >= 0.3 is 7.82 Å². The zero-order valence-corrected chi connectivity index (χ0v) is 33.6. The molecule has 6 N–H and O–H groups in total. The van der Waals surface area contributed by atoms with Crippen LogP contribution in [0.4, 0.5) is 0 Å². The highest BCUT2D eigenvalue weighted by atomic mass is 31.2. The van der Waals surface area contributed by atoms with E-state index in [9.17, 15) is 24.5 Å². The Balaban J connectivity index is 4.18. The molecule has 4 atom stereocenters. The Hall–Kier alpha value is -1.32. The summed E-state index contributed by atoms with van der Waals surface area (Å²) in [6.07, 6.45) is 39.8. The quantitative estimate of drug-likeness (QED) is 0.0238. The lowest BCUT2D eigenvalue weighted by Crippen LogP contribution is -2.46. The second-order valence-corrected chi connectivity index (χ2v) is 15.5. The smallest absolute Gasteiger partial charge is 0.393 e. The normalized spacial score (nSPS) is 15.2. The van der Waals surface area contributed by atoms with Crippen molar-refractivity contribution < 1.29 is 33.5 Å². The Labute approximate surface area is 312 Å². The Morgan fingerprint density at radius 2 is 1.16 bits per heavy atom. The zero-order chi connectivity index (χ0) is 37.7. The van der Waals surface area contributed by atoms with Crippen molar-refractivity contribution in [2.45, 2.75) is 199 Å². The molecule has 0 aromatic rings. The molecule has 0 rings (SSSR count). The van der Waals surface area contributed by atoms with E-state index in [1.165, 1.54) is 109 Å². The van der Waals surface area contributed by atoms with Gasteiger partial charge < -0.3 is 26.2 Å². The average Bonchev–Trinajstić information content (AvgIpc) is 3.10. The van der Waals surface area contributed by atoms with Crippen LogP contribution in [0.2, 0.25) is 0 Å². The van der Waals surface area contributed by atoms with E-state index in [4.69, 9.17) is 14.8 Å². The van der Waals surface area contributed by atoms with Crippen LogP contribution in [0.25, 0.3) is 0 Å². The average molecular weight is 743 g/mol. The number of nitrogens with one attached hydrogen (secondary N) is 1. The van der Waals surface area contributed by atoms with Crippen LogP contribution in [0.1, 0.15) is 181 Å². The van der Waals surface area contributed by atoms with Gasteiger partial charge in [0.25, 0.3) is 0 Å². The van der Waals surface area contributed by atoms with Gasteiger partial charge in [0.15, 0.2) is 0 Å². The van der Waals surface area contributed by atoms with Crippen molar-refractivity contribution in [2.75, 3.05) is 19.8 Å². The van der Waals surface area contributed by atoms with Gasteiger partial charge in [-0.1, -0.05) is 172 Å². The number of amides is 1. The highest BCUT2D eigenvalue weighted by Gasteiger charge is 2.27. The van der Waals surface area contributed by atoms with Crippen LogP contribution >= 0.6 is 7.82 Å². The van der Waals surface area contributed by atoms with Gasteiger partial charge in [-0.2, -0.15) is 0 Å². The fourth-order valence-corrected chi connectivity index (χ4v) is 6.74. The molecule has 0 aromatic heterocycles. The highest BCUT2D eigenvalue weighted by Crippen LogP contribution is 2.43. The summed E-state index contributed by atoms with van der Waals surface area (Å²) in [4.78, 5) is 22.6. The van der Waals surface area contributed by atoms with E-state index in [1.807, 2.05) is 13.0 Å². The summed E-state index contributed by atoms with van der Waals surface area (Å²) in [5, 5.41) is 23.9. The first-order valence-electron chi connectivity index (χ1n) is 20.7. The maximum absolute atomic E-state index is 12.7. The summed E-state index contributed by atoms with van der Waals surface area (Å²) in [5.41, 5.74) is 5.34. The summed E-state index contributed by atoms with van der Waals surface area (Å²) in [7, 11) is -4.40. The summed E-state index contributed by atoms with van der Waals surface area (Å²) in [6, 6.07) is -1.00. The van der Waals surface area contributed by atoms with Crippen LogP contribution in [-0.2, 0) is 18.4 Å². The van der Waals surface area contributed by atoms with E-state index in [2.05, 4.69) is 30.5 Å². The summed E-state index contributed by atoms with van der Waals surface area (Å²) in [6.45, 7) is 3.70. The second-order valence-electron chi connectivity index (χ2n) is 14.0. The van der Waals surface area contributed by atoms with Gasteiger partial charge in [0.05, 0.1) is 37.9 Å². The number of rotatable bonds is 38. The van der Waals surface area contributed by atoms with Gasteiger partial charge in [-0.3, -0.25) is 13.8 Å². The molecule has 0 radical (unpaired) electrons. The van der Waals surface area contributed by atoms with Crippen molar-refractivity contribution in [3.05, 3.63) is 36.5 Å². The maximum Gasteiger partial charge on any atom is 0.472 e. The standard InChI is InChI=1S/C41H79N2O7P/c1-3-5-7-9-11-13-14-15-16-17-18-19-20-21-22-23-25-26-28-30-32-38(44)36-41(46)43-39(37-50-51(47,48)49-35-34-42)40(45)33-31-29-27-24-12-10-8-6-4-2/h4,6,12,24,31,33,38-40,44-45H,3,5,7-11,13-23,25-30,32,34-37,42H2,1-2H3,(H,43,46)(H,47,48)/b6-4+,24-12+,33-31+. The predicted octanol–water partition coefficient (Wildman–Crippen LogP) is 10.1. The molecule has 0 aliphatic carbocycles. The molecule has 0 aliphatic heterocycles. The van der Waals surface area contributed by atoms with E-state index in [1.54, 1.807) is 12.2 Å². The van der Waals surface area contributed by atoms with Crippen LogP contribution in [-0.4, -0.2) is 59.0 Å². The molecule has 0 bridgehead atoms. The van der Waals surface area contributed by atoms with Gasteiger partial charge in [0, 0.05) is 6.54 Å². The number of nitrogens with two attached hydrogens (primary N) is 1. The number of carbonyl (C=O) groups is 1. The monoisotopic (exact) mass is 743 g/mol. The van der Waals surface area contributed by atoms with E-state index >= 15 is 0 Å². The van der Waals surface area contributed by atoms with E-state index < -0.39 is 38.6 Å². The molecule has 0 saturated heterocycles. The molecule has 0 fully saturated rings. The molecule has 0 heterocycles. The maximum atomic E-state index is 12.7. The number of phosphoric ester groups is 1. The molecule has 0 saturated carbocycles. The largest absolute Gasteiger partial charge is 0.472 e. The topological polar surface area (TPSA) is 151 Å². The number of aliphatic hydroxyl groups is 2. The van der Waals surface area contributed by atoms with Crippen LogP contribution in [0.5, 0.6) is 0 Å². The lowest BCUT2D eigenvalue weighted by molar-refractivity contribution is -0.124. The highest BCUT2D eigenvalue weighted by molar-refractivity contribution is 7.47. The fraction of sp³-hybridized carbons (Fsp3) is 0.829.